The minimum Gasteiger partial charge on any atom is -0.491 e. The predicted molar refractivity (Wildman–Crippen MR) is 134 cm³/mol. The Hall–Kier alpha value is -3.19. The Morgan fingerprint density at radius 3 is 2.71 bits per heavy atom. The highest BCUT2D eigenvalue weighted by Crippen LogP contribution is 2.47. The SMILES string of the molecule is CCc1cn2c(n1)C1(CCN(Cc3cccc(OC(C)C)c3)C(C)C1)N(c1cccc(F)c1)C2=O. The van der Waals surface area contributed by atoms with Crippen molar-refractivity contribution in [3.63, 3.8) is 0 Å². The number of hydrogen-bond acceptors (Lipinski definition) is 4. The molecule has 1 aromatic heterocycles. The van der Waals surface area contributed by atoms with Crippen LogP contribution in [0.1, 0.15) is 57.6 Å². The third kappa shape index (κ3) is 4.22. The number of fused-ring (bicyclic) bond motifs is 2. The highest BCUT2D eigenvalue weighted by atomic mass is 19.1. The number of imidazole rings is 1. The number of ether oxygens (including phenoxy) is 1. The van der Waals surface area contributed by atoms with Crippen LogP contribution in [-0.2, 0) is 18.5 Å². The molecule has 5 rings (SSSR count). The Morgan fingerprint density at radius 2 is 2.00 bits per heavy atom. The average Bonchev–Trinajstić information content (AvgIpc) is 3.34. The van der Waals surface area contributed by atoms with E-state index in [2.05, 4.69) is 24.0 Å². The molecule has 0 N–H and O–H groups in total. The topological polar surface area (TPSA) is 50.6 Å². The summed E-state index contributed by atoms with van der Waals surface area (Å²) in [4.78, 5) is 22.7. The largest absolute Gasteiger partial charge is 0.491 e. The van der Waals surface area contributed by atoms with Crippen LogP contribution in [0.4, 0.5) is 14.9 Å². The smallest absolute Gasteiger partial charge is 0.335 e. The van der Waals surface area contributed by atoms with Gasteiger partial charge in [0.05, 0.1) is 11.8 Å². The molecule has 2 aliphatic heterocycles. The Balaban J connectivity index is 1.45. The summed E-state index contributed by atoms with van der Waals surface area (Å²) in [6, 6.07) is 14.6. The molecule has 1 fully saturated rings. The van der Waals surface area contributed by atoms with Crippen molar-refractivity contribution in [3.8, 4) is 5.75 Å². The van der Waals surface area contributed by atoms with E-state index in [1.54, 1.807) is 15.5 Å². The number of benzene rings is 2. The molecule has 6 nitrogen and oxygen atoms in total. The molecule has 1 spiro atoms. The number of likely N-dealkylation sites (tertiary alicyclic amines) is 1. The second kappa shape index (κ2) is 9.11. The van der Waals surface area contributed by atoms with Crippen LogP contribution in [-0.4, -0.2) is 39.2 Å². The number of aromatic nitrogens is 2. The maximum Gasteiger partial charge on any atom is 0.335 e. The van der Waals surface area contributed by atoms with E-state index in [-0.39, 0.29) is 24.0 Å². The number of nitrogens with zero attached hydrogens (tertiary/aromatic N) is 4. The molecule has 35 heavy (non-hydrogen) atoms. The second-order valence-corrected chi connectivity index (χ2v) is 10.00. The highest BCUT2D eigenvalue weighted by molar-refractivity contribution is 5.98. The normalized spacial score (nSPS) is 22.3. The maximum atomic E-state index is 14.2. The molecular weight excluding hydrogens is 443 g/mol. The van der Waals surface area contributed by atoms with Gasteiger partial charge >= 0.3 is 6.03 Å². The van der Waals surface area contributed by atoms with Gasteiger partial charge in [-0.05, 0) is 75.9 Å². The average molecular weight is 477 g/mol. The van der Waals surface area contributed by atoms with Gasteiger partial charge in [-0.1, -0.05) is 25.1 Å². The predicted octanol–water partition coefficient (Wildman–Crippen LogP) is 5.74. The molecule has 3 heterocycles. The van der Waals surface area contributed by atoms with Gasteiger partial charge < -0.3 is 4.74 Å². The lowest BCUT2D eigenvalue weighted by Crippen LogP contribution is -2.55. The van der Waals surface area contributed by atoms with Crippen molar-refractivity contribution in [2.45, 2.75) is 71.2 Å². The number of rotatable bonds is 6. The molecule has 0 radical (unpaired) electrons. The number of hydrogen-bond donors (Lipinski definition) is 0. The first-order valence-corrected chi connectivity index (χ1v) is 12.5. The fourth-order valence-electron chi connectivity index (χ4n) is 5.57. The van der Waals surface area contributed by atoms with E-state index in [1.807, 2.05) is 45.2 Å². The van der Waals surface area contributed by atoms with Crippen molar-refractivity contribution >= 4 is 11.7 Å². The molecule has 2 unspecified atom stereocenters. The molecular formula is C28H33FN4O2. The molecule has 0 saturated carbocycles. The molecule has 2 atom stereocenters. The van der Waals surface area contributed by atoms with Gasteiger partial charge in [-0.3, -0.25) is 14.4 Å². The van der Waals surface area contributed by atoms with Gasteiger partial charge in [0.1, 0.15) is 22.9 Å². The standard InChI is InChI=1S/C28H33FN4O2/c1-5-23-18-32-26(30-23)28(33(27(32)34)24-10-7-9-22(29)15-24)12-13-31(20(4)16-28)17-21-8-6-11-25(14-21)35-19(2)3/h6-11,14-15,18-20H,5,12-13,16-17H2,1-4H3. The quantitative estimate of drug-likeness (QED) is 0.455. The Bertz CT molecular complexity index is 1240. The van der Waals surface area contributed by atoms with Crippen LogP contribution in [0.2, 0.25) is 0 Å². The molecule has 2 aliphatic rings. The van der Waals surface area contributed by atoms with Crippen LogP contribution < -0.4 is 9.64 Å². The molecule has 0 bridgehead atoms. The summed E-state index contributed by atoms with van der Waals surface area (Å²) in [5.74, 6) is 1.31. The van der Waals surface area contributed by atoms with Crippen molar-refractivity contribution < 1.29 is 13.9 Å². The number of carbonyl (C=O) groups is 1. The van der Waals surface area contributed by atoms with Crippen molar-refractivity contribution in [1.29, 1.82) is 0 Å². The van der Waals surface area contributed by atoms with Crippen LogP contribution in [0.5, 0.6) is 5.75 Å². The van der Waals surface area contributed by atoms with Gasteiger partial charge in [0.15, 0.2) is 0 Å². The van der Waals surface area contributed by atoms with E-state index in [1.165, 1.54) is 17.7 Å². The highest BCUT2D eigenvalue weighted by Gasteiger charge is 2.55. The van der Waals surface area contributed by atoms with Crippen molar-refractivity contribution in [1.82, 2.24) is 14.5 Å². The van der Waals surface area contributed by atoms with Gasteiger partial charge in [-0.15, -0.1) is 0 Å². The van der Waals surface area contributed by atoms with E-state index >= 15 is 0 Å². The zero-order chi connectivity index (χ0) is 24.7. The molecule has 7 heteroatoms. The summed E-state index contributed by atoms with van der Waals surface area (Å²) in [5, 5.41) is 0. The first-order chi connectivity index (χ1) is 16.8. The van der Waals surface area contributed by atoms with E-state index in [0.717, 1.165) is 49.6 Å². The summed E-state index contributed by atoms with van der Waals surface area (Å²) in [7, 11) is 0. The lowest BCUT2D eigenvalue weighted by molar-refractivity contribution is 0.0966. The number of halogens is 1. The summed E-state index contributed by atoms with van der Waals surface area (Å²) >= 11 is 0. The number of carbonyl (C=O) groups excluding carboxylic acids is 1. The third-order valence-corrected chi connectivity index (χ3v) is 7.15. The lowest BCUT2D eigenvalue weighted by atomic mass is 9.81. The van der Waals surface area contributed by atoms with Crippen molar-refractivity contribution in [3.05, 3.63) is 77.6 Å². The molecule has 1 amide bonds. The minimum absolute atomic E-state index is 0.129. The fourth-order valence-corrected chi connectivity index (χ4v) is 5.57. The minimum atomic E-state index is -0.600. The van der Waals surface area contributed by atoms with Crippen molar-refractivity contribution in [2.75, 3.05) is 11.4 Å². The molecule has 0 aliphatic carbocycles. The summed E-state index contributed by atoms with van der Waals surface area (Å²) < 4.78 is 21.7. The Kier molecular flexibility index (Phi) is 6.13. The summed E-state index contributed by atoms with van der Waals surface area (Å²) in [6.07, 6.45) is 4.18. The van der Waals surface area contributed by atoms with Gasteiger partial charge in [0.2, 0.25) is 0 Å². The van der Waals surface area contributed by atoms with E-state index < -0.39 is 5.54 Å². The third-order valence-electron chi connectivity index (χ3n) is 7.15. The number of anilines is 1. The summed E-state index contributed by atoms with van der Waals surface area (Å²) in [5.41, 5.74) is 2.09. The van der Waals surface area contributed by atoms with Gasteiger partial charge in [-0.2, -0.15) is 0 Å². The van der Waals surface area contributed by atoms with Crippen LogP contribution in [0.15, 0.2) is 54.7 Å². The number of piperidine rings is 1. The van der Waals surface area contributed by atoms with E-state index in [4.69, 9.17) is 9.72 Å². The number of amides is 1. The van der Waals surface area contributed by atoms with E-state index in [0.29, 0.717) is 5.69 Å². The van der Waals surface area contributed by atoms with Crippen LogP contribution >= 0.6 is 0 Å². The fraction of sp³-hybridized carbons (Fsp3) is 0.429. The maximum absolute atomic E-state index is 14.2. The Labute approximate surface area is 206 Å². The Morgan fingerprint density at radius 1 is 1.20 bits per heavy atom. The first kappa shape index (κ1) is 23.5. The van der Waals surface area contributed by atoms with Gasteiger partial charge in [0.25, 0.3) is 0 Å². The van der Waals surface area contributed by atoms with Gasteiger partial charge in [-0.25, -0.2) is 14.2 Å². The van der Waals surface area contributed by atoms with E-state index in [9.17, 15) is 9.18 Å². The van der Waals surface area contributed by atoms with Crippen LogP contribution in [0.3, 0.4) is 0 Å². The van der Waals surface area contributed by atoms with Crippen LogP contribution in [0.25, 0.3) is 0 Å². The zero-order valence-electron chi connectivity index (χ0n) is 20.9. The van der Waals surface area contributed by atoms with Gasteiger partial charge in [0, 0.05) is 31.0 Å². The second-order valence-electron chi connectivity index (χ2n) is 10.00. The molecule has 3 aromatic rings. The molecule has 1 saturated heterocycles. The first-order valence-electron chi connectivity index (χ1n) is 12.5. The molecule has 184 valence electrons. The molecule has 2 aromatic carbocycles. The summed E-state index contributed by atoms with van der Waals surface area (Å²) in [6.45, 7) is 9.90. The van der Waals surface area contributed by atoms with Crippen LogP contribution in [0, 0.1) is 5.82 Å². The zero-order valence-corrected chi connectivity index (χ0v) is 20.9. The number of aryl methyl sites for hydroxylation is 1. The van der Waals surface area contributed by atoms with Crippen molar-refractivity contribution in [2.24, 2.45) is 0 Å². The lowest BCUT2D eigenvalue weighted by Gasteiger charge is -2.47. The monoisotopic (exact) mass is 476 g/mol.